The van der Waals surface area contributed by atoms with Crippen LogP contribution in [0.25, 0.3) is 0 Å². The van der Waals surface area contributed by atoms with E-state index in [9.17, 15) is 4.79 Å². The molecule has 1 saturated heterocycles. The van der Waals surface area contributed by atoms with E-state index in [0.29, 0.717) is 18.3 Å². The van der Waals surface area contributed by atoms with E-state index in [1.807, 2.05) is 18.2 Å². The molecular weight excluding hydrogens is 300 g/mol. The standard InChI is InChI=1S/C17H24N2O2.ClH/c1-12(13-4-7-18-8-5-13)10-17(20)19-15-2-3-16-14(11-15)6-9-21-16;/h2-3,11-13,18H,4-10H2,1H3,(H,19,20);1H. The zero-order valence-corrected chi connectivity index (χ0v) is 13.9. The number of anilines is 1. The van der Waals surface area contributed by atoms with Crippen molar-refractivity contribution in [2.45, 2.75) is 32.6 Å². The summed E-state index contributed by atoms with van der Waals surface area (Å²) in [5.74, 6) is 2.20. The third-order valence-electron chi connectivity index (χ3n) is 4.67. The maximum absolute atomic E-state index is 12.2. The van der Waals surface area contributed by atoms with E-state index in [4.69, 9.17) is 4.74 Å². The largest absolute Gasteiger partial charge is 0.493 e. The average Bonchev–Trinajstić information content (AvgIpc) is 2.95. The molecule has 122 valence electrons. The first kappa shape index (κ1) is 17.1. The maximum atomic E-state index is 12.2. The molecule has 0 aliphatic carbocycles. The highest BCUT2D eigenvalue weighted by Gasteiger charge is 2.22. The van der Waals surface area contributed by atoms with Crippen LogP contribution in [0.4, 0.5) is 5.69 Å². The molecule has 3 rings (SSSR count). The highest BCUT2D eigenvalue weighted by atomic mass is 35.5. The Morgan fingerprint density at radius 3 is 2.95 bits per heavy atom. The number of hydrogen-bond donors (Lipinski definition) is 2. The summed E-state index contributed by atoms with van der Waals surface area (Å²) < 4.78 is 5.48. The van der Waals surface area contributed by atoms with Crippen LogP contribution in [0.1, 0.15) is 31.7 Å². The summed E-state index contributed by atoms with van der Waals surface area (Å²) in [6.07, 6.45) is 3.91. The van der Waals surface area contributed by atoms with Gasteiger partial charge < -0.3 is 15.4 Å². The molecule has 22 heavy (non-hydrogen) atoms. The minimum absolute atomic E-state index is 0. The smallest absolute Gasteiger partial charge is 0.224 e. The van der Waals surface area contributed by atoms with Crippen LogP contribution in [-0.2, 0) is 11.2 Å². The molecule has 1 aromatic rings. The first-order valence-electron chi connectivity index (χ1n) is 7.98. The Balaban J connectivity index is 0.00000176. The van der Waals surface area contributed by atoms with Gasteiger partial charge in [-0.2, -0.15) is 0 Å². The van der Waals surface area contributed by atoms with Gasteiger partial charge in [-0.3, -0.25) is 4.79 Å². The topological polar surface area (TPSA) is 50.4 Å². The summed E-state index contributed by atoms with van der Waals surface area (Å²) in [7, 11) is 0. The lowest BCUT2D eigenvalue weighted by molar-refractivity contribution is -0.117. The first-order chi connectivity index (χ1) is 10.2. The summed E-state index contributed by atoms with van der Waals surface area (Å²) >= 11 is 0. The molecule has 5 heteroatoms. The molecule has 1 atom stereocenters. The van der Waals surface area contributed by atoms with Gasteiger partial charge in [0.05, 0.1) is 6.61 Å². The van der Waals surface area contributed by atoms with Crippen molar-refractivity contribution in [2.24, 2.45) is 11.8 Å². The van der Waals surface area contributed by atoms with Crippen molar-refractivity contribution < 1.29 is 9.53 Å². The molecule has 4 nitrogen and oxygen atoms in total. The van der Waals surface area contributed by atoms with Gasteiger partial charge in [-0.25, -0.2) is 0 Å². The fourth-order valence-electron chi connectivity index (χ4n) is 3.35. The molecule has 0 saturated carbocycles. The Hall–Kier alpha value is -1.26. The number of fused-ring (bicyclic) bond motifs is 1. The Labute approximate surface area is 138 Å². The van der Waals surface area contributed by atoms with E-state index < -0.39 is 0 Å². The molecule has 0 aromatic heterocycles. The van der Waals surface area contributed by atoms with E-state index in [2.05, 4.69) is 17.6 Å². The molecular formula is C17H25ClN2O2. The highest BCUT2D eigenvalue weighted by molar-refractivity contribution is 5.91. The Morgan fingerprint density at radius 2 is 2.18 bits per heavy atom. The second-order valence-corrected chi connectivity index (χ2v) is 6.24. The van der Waals surface area contributed by atoms with Crippen LogP contribution in [0.2, 0.25) is 0 Å². The van der Waals surface area contributed by atoms with Crippen LogP contribution in [0.15, 0.2) is 18.2 Å². The van der Waals surface area contributed by atoms with Crippen LogP contribution in [0, 0.1) is 11.8 Å². The van der Waals surface area contributed by atoms with E-state index in [1.54, 1.807) is 0 Å². The third kappa shape index (κ3) is 4.14. The lowest BCUT2D eigenvalue weighted by Gasteiger charge is -2.27. The second kappa shape index (κ2) is 7.84. The number of halogens is 1. The Bertz CT molecular complexity index is 515. The number of ether oxygens (including phenoxy) is 1. The predicted molar refractivity (Wildman–Crippen MR) is 90.9 cm³/mol. The average molecular weight is 325 g/mol. The normalized spacial score (nSPS) is 18.8. The number of hydrogen-bond acceptors (Lipinski definition) is 3. The van der Waals surface area contributed by atoms with Crippen molar-refractivity contribution in [3.63, 3.8) is 0 Å². The van der Waals surface area contributed by atoms with Crippen molar-refractivity contribution in [1.82, 2.24) is 5.32 Å². The van der Waals surface area contributed by atoms with Gasteiger partial charge in [0, 0.05) is 18.5 Å². The van der Waals surface area contributed by atoms with E-state index in [1.165, 1.54) is 18.4 Å². The maximum Gasteiger partial charge on any atom is 0.224 e. The summed E-state index contributed by atoms with van der Waals surface area (Å²) in [6, 6.07) is 5.92. The fourth-order valence-corrected chi connectivity index (χ4v) is 3.35. The summed E-state index contributed by atoms with van der Waals surface area (Å²) in [5, 5.41) is 6.41. The number of rotatable bonds is 4. The van der Waals surface area contributed by atoms with Crippen LogP contribution < -0.4 is 15.4 Å². The number of benzene rings is 1. The zero-order valence-electron chi connectivity index (χ0n) is 13.1. The summed E-state index contributed by atoms with van der Waals surface area (Å²) in [5.41, 5.74) is 2.08. The lowest BCUT2D eigenvalue weighted by atomic mass is 9.84. The van der Waals surface area contributed by atoms with Crippen LogP contribution in [0.5, 0.6) is 5.75 Å². The summed E-state index contributed by atoms with van der Waals surface area (Å²) in [4.78, 5) is 12.2. The van der Waals surface area contributed by atoms with Crippen LogP contribution in [-0.4, -0.2) is 25.6 Å². The molecule has 0 radical (unpaired) electrons. The van der Waals surface area contributed by atoms with Crippen molar-refractivity contribution in [1.29, 1.82) is 0 Å². The van der Waals surface area contributed by atoms with E-state index in [0.717, 1.165) is 37.6 Å². The number of amides is 1. The van der Waals surface area contributed by atoms with Crippen molar-refractivity contribution in [3.8, 4) is 5.75 Å². The minimum atomic E-state index is 0. The monoisotopic (exact) mass is 324 g/mol. The molecule has 1 unspecified atom stereocenters. The molecule has 2 aliphatic rings. The minimum Gasteiger partial charge on any atom is -0.493 e. The molecule has 1 aromatic carbocycles. The Kier molecular flexibility index (Phi) is 6.09. The quantitative estimate of drug-likeness (QED) is 0.895. The van der Waals surface area contributed by atoms with Gasteiger partial charge >= 0.3 is 0 Å². The number of carbonyl (C=O) groups is 1. The van der Waals surface area contributed by atoms with Gasteiger partial charge in [0.2, 0.25) is 5.91 Å². The van der Waals surface area contributed by atoms with Crippen molar-refractivity contribution in [3.05, 3.63) is 23.8 Å². The second-order valence-electron chi connectivity index (χ2n) is 6.24. The van der Waals surface area contributed by atoms with Gasteiger partial charge in [0.25, 0.3) is 0 Å². The number of piperidine rings is 1. The molecule has 2 N–H and O–H groups in total. The number of carbonyl (C=O) groups excluding carboxylic acids is 1. The first-order valence-corrected chi connectivity index (χ1v) is 7.98. The SMILES string of the molecule is CC(CC(=O)Nc1ccc2c(c1)CCO2)C1CCNCC1.Cl. The van der Waals surface area contributed by atoms with Crippen molar-refractivity contribution >= 4 is 24.0 Å². The van der Waals surface area contributed by atoms with Crippen molar-refractivity contribution in [2.75, 3.05) is 25.0 Å². The zero-order chi connectivity index (χ0) is 14.7. The molecule has 1 fully saturated rings. The molecule has 1 amide bonds. The predicted octanol–water partition coefficient (Wildman–Crippen LogP) is 3.01. The highest BCUT2D eigenvalue weighted by Crippen LogP contribution is 2.28. The molecule has 0 bridgehead atoms. The summed E-state index contributed by atoms with van der Waals surface area (Å²) in [6.45, 7) is 5.12. The van der Waals surface area contributed by atoms with Gasteiger partial charge in [-0.05, 0) is 61.5 Å². The Morgan fingerprint density at radius 1 is 1.41 bits per heavy atom. The van der Waals surface area contributed by atoms with Crippen LogP contribution in [0.3, 0.4) is 0 Å². The van der Waals surface area contributed by atoms with Crippen LogP contribution >= 0.6 is 12.4 Å². The molecule has 2 heterocycles. The lowest BCUT2D eigenvalue weighted by Crippen LogP contribution is -2.32. The van der Waals surface area contributed by atoms with Gasteiger partial charge in [-0.15, -0.1) is 12.4 Å². The van der Waals surface area contributed by atoms with Gasteiger partial charge in [0.1, 0.15) is 5.75 Å². The van der Waals surface area contributed by atoms with E-state index in [-0.39, 0.29) is 18.3 Å². The van der Waals surface area contributed by atoms with Gasteiger partial charge in [0.15, 0.2) is 0 Å². The fraction of sp³-hybridized carbons (Fsp3) is 0.588. The molecule has 2 aliphatic heterocycles. The number of nitrogens with one attached hydrogen (secondary N) is 2. The van der Waals surface area contributed by atoms with E-state index >= 15 is 0 Å². The third-order valence-corrected chi connectivity index (χ3v) is 4.67. The van der Waals surface area contributed by atoms with Gasteiger partial charge in [-0.1, -0.05) is 6.92 Å². The molecule has 0 spiro atoms.